The molecule has 1 N–H and O–H groups in total. The lowest BCUT2D eigenvalue weighted by molar-refractivity contribution is 0.0932. The van der Waals surface area contributed by atoms with Gasteiger partial charge in [-0.05, 0) is 37.9 Å². The predicted molar refractivity (Wildman–Crippen MR) is 56.7 cm³/mol. The second-order valence-corrected chi connectivity index (χ2v) is 3.85. The summed E-state index contributed by atoms with van der Waals surface area (Å²) in [7, 11) is 1.85. The summed E-state index contributed by atoms with van der Waals surface area (Å²) in [6.07, 6.45) is 1.94. The first-order valence-electron chi connectivity index (χ1n) is 5.04. The van der Waals surface area contributed by atoms with Gasteiger partial charge in [-0.15, -0.1) is 0 Å². The Balaban J connectivity index is 2.46. The molecule has 2 heteroatoms. The minimum Gasteiger partial charge on any atom is -0.310 e. The molecule has 1 aromatic carbocycles. The lowest BCUT2D eigenvalue weighted by Crippen LogP contribution is -2.38. The average molecular weight is 189 g/mol. The topological polar surface area (TPSA) is 29.1 Å². The molecule has 1 aromatic rings. The Morgan fingerprint density at radius 1 is 1.43 bits per heavy atom. The van der Waals surface area contributed by atoms with Crippen LogP contribution >= 0.6 is 0 Å². The van der Waals surface area contributed by atoms with Gasteiger partial charge in [-0.25, -0.2) is 0 Å². The number of benzene rings is 1. The summed E-state index contributed by atoms with van der Waals surface area (Å²) in [6.45, 7) is 2.08. The Morgan fingerprint density at radius 2 is 2.21 bits per heavy atom. The van der Waals surface area contributed by atoms with Gasteiger partial charge < -0.3 is 5.32 Å². The fraction of sp³-hybridized carbons (Fsp3) is 0.417. The summed E-state index contributed by atoms with van der Waals surface area (Å²) in [6, 6.07) is 5.99. The molecule has 1 aliphatic carbocycles. The third kappa shape index (κ3) is 1.36. The van der Waals surface area contributed by atoms with Gasteiger partial charge in [0.15, 0.2) is 5.78 Å². The van der Waals surface area contributed by atoms with Gasteiger partial charge in [0.2, 0.25) is 0 Å². The molecule has 2 nitrogen and oxygen atoms in total. The molecule has 0 aliphatic heterocycles. The van der Waals surface area contributed by atoms with Crippen LogP contribution in [0.3, 0.4) is 0 Å². The minimum atomic E-state index is 0.0179. The standard InChI is InChI=1S/C12H15NO/c1-8-4-3-5-10-9(8)6-7-11(13-2)12(10)14/h3-5,11,13H,6-7H2,1-2H3. The predicted octanol–water partition coefficient (Wildman–Crippen LogP) is 1.71. The van der Waals surface area contributed by atoms with E-state index in [1.807, 2.05) is 19.2 Å². The number of rotatable bonds is 1. The second-order valence-electron chi connectivity index (χ2n) is 3.85. The Labute approximate surface area is 84.3 Å². The van der Waals surface area contributed by atoms with Gasteiger partial charge in [0.05, 0.1) is 6.04 Å². The molecule has 0 saturated heterocycles. The van der Waals surface area contributed by atoms with Crippen LogP contribution in [0.5, 0.6) is 0 Å². The normalized spacial score (nSPS) is 20.7. The number of aryl methyl sites for hydroxylation is 1. The van der Waals surface area contributed by atoms with E-state index in [2.05, 4.69) is 18.3 Å². The maximum absolute atomic E-state index is 11.9. The maximum Gasteiger partial charge on any atom is 0.180 e. The van der Waals surface area contributed by atoms with Gasteiger partial charge in [0, 0.05) is 5.56 Å². The van der Waals surface area contributed by atoms with Crippen LogP contribution in [0, 0.1) is 6.92 Å². The Hall–Kier alpha value is -1.15. The molecule has 0 bridgehead atoms. The van der Waals surface area contributed by atoms with Gasteiger partial charge >= 0.3 is 0 Å². The Kier molecular flexibility index (Phi) is 2.38. The van der Waals surface area contributed by atoms with Crippen molar-refractivity contribution in [1.29, 1.82) is 0 Å². The molecule has 0 heterocycles. The van der Waals surface area contributed by atoms with Crippen molar-refractivity contribution in [3.05, 3.63) is 34.9 Å². The van der Waals surface area contributed by atoms with Gasteiger partial charge in [0.1, 0.15) is 0 Å². The van der Waals surface area contributed by atoms with Gasteiger partial charge in [-0.1, -0.05) is 18.2 Å². The van der Waals surface area contributed by atoms with Crippen molar-refractivity contribution in [3.8, 4) is 0 Å². The van der Waals surface area contributed by atoms with Gasteiger partial charge in [-0.2, -0.15) is 0 Å². The van der Waals surface area contributed by atoms with Crippen LogP contribution in [-0.4, -0.2) is 18.9 Å². The molecule has 0 radical (unpaired) electrons. The molecule has 14 heavy (non-hydrogen) atoms. The van der Waals surface area contributed by atoms with Crippen LogP contribution in [0.25, 0.3) is 0 Å². The number of hydrogen-bond acceptors (Lipinski definition) is 2. The lowest BCUT2D eigenvalue weighted by atomic mass is 9.85. The summed E-state index contributed by atoms with van der Waals surface area (Å²) in [5.74, 6) is 0.248. The Bertz CT molecular complexity index is 371. The number of likely N-dealkylation sites (N-methyl/N-ethyl adjacent to an activating group) is 1. The summed E-state index contributed by atoms with van der Waals surface area (Å²) in [4.78, 5) is 11.9. The highest BCUT2D eigenvalue weighted by molar-refractivity contribution is 6.02. The molecule has 74 valence electrons. The van der Waals surface area contributed by atoms with Crippen molar-refractivity contribution >= 4 is 5.78 Å². The number of carbonyl (C=O) groups excluding carboxylic acids is 1. The Morgan fingerprint density at radius 3 is 2.93 bits per heavy atom. The monoisotopic (exact) mass is 189 g/mol. The van der Waals surface area contributed by atoms with Crippen LogP contribution in [0.4, 0.5) is 0 Å². The summed E-state index contributed by atoms with van der Waals surface area (Å²) in [5, 5.41) is 3.06. The molecule has 0 spiro atoms. The highest BCUT2D eigenvalue weighted by Crippen LogP contribution is 2.23. The third-order valence-electron chi connectivity index (χ3n) is 3.02. The summed E-state index contributed by atoms with van der Waals surface area (Å²) >= 11 is 0. The third-order valence-corrected chi connectivity index (χ3v) is 3.02. The fourth-order valence-corrected chi connectivity index (χ4v) is 2.15. The number of hydrogen-bond donors (Lipinski definition) is 1. The molecule has 1 unspecified atom stereocenters. The first kappa shape index (κ1) is 9.41. The fourth-order valence-electron chi connectivity index (χ4n) is 2.15. The largest absolute Gasteiger partial charge is 0.310 e. The van der Waals surface area contributed by atoms with Gasteiger partial charge in [-0.3, -0.25) is 4.79 Å². The number of nitrogens with one attached hydrogen (secondary N) is 1. The van der Waals surface area contributed by atoms with E-state index >= 15 is 0 Å². The first-order valence-corrected chi connectivity index (χ1v) is 5.04. The highest BCUT2D eigenvalue weighted by Gasteiger charge is 2.26. The number of carbonyl (C=O) groups is 1. The van der Waals surface area contributed by atoms with Gasteiger partial charge in [0.25, 0.3) is 0 Å². The van der Waals surface area contributed by atoms with E-state index in [1.54, 1.807) is 0 Å². The maximum atomic E-state index is 11.9. The molecule has 1 aliphatic rings. The van der Waals surface area contributed by atoms with Crippen molar-refractivity contribution < 1.29 is 4.79 Å². The molecular weight excluding hydrogens is 174 g/mol. The van der Waals surface area contributed by atoms with E-state index in [0.29, 0.717) is 0 Å². The minimum absolute atomic E-state index is 0.0179. The lowest BCUT2D eigenvalue weighted by Gasteiger charge is -2.23. The molecule has 0 amide bonds. The SMILES string of the molecule is CNC1CCc2c(C)cccc2C1=O. The zero-order valence-electron chi connectivity index (χ0n) is 8.63. The smallest absolute Gasteiger partial charge is 0.180 e. The van der Waals surface area contributed by atoms with Crippen LogP contribution in [0.2, 0.25) is 0 Å². The van der Waals surface area contributed by atoms with E-state index in [9.17, 15) is 4.79 Å². The first-order chi connectivity index (χ1) is 6.74. The quantitative estimate of drug-likeness (QED) is 0.728. The van der Waals surface area contributed by atoms with Crippen molar-refractivity contribution in [2.24, 2.45) is 0 Å². The number of fused-ring (bicyclic) bond motifs is 1. The van der Waals surface area contributed by atoms with E-state index in [4.69, 9.17) is 0 Å². The zero-order chi connectivity index (χ0) is 10.1. The van der Waals surface area contributed by atoms with Crippen LogP contribution in [0.1, 0.15) is 27.9 Å². The average Bonchev–Trinajstić information content (AvgIpc) is 2.20. The van der Waals surface area contributed by atoms with E-state index in [-0.39, 0.29) is 11.8 Å². The second kappa shape index (κ2) is 3.54. The van der Waals surface area contributed by atoms with E-state index < -0.39 is 0 Å². The molecular formula is C12H15NO. The van der Waals surface area contributed by atoms with Crippen molar-refractivity contribution in [2.75, 3.05) is 7.05 Å². The van der Waals surface area contributed by atoms with Crippen molar-refractivity contribution in [1.82, 2.24) is 5.32 Å². The van der Waals surface area contributed by atoms with Crippen LogP contribution in [-0.2, 0) is 6.42 Å². The number of Topliss-reactive ketones (excluding diaryl/α,β-unsaturated/α-hetero) is 1. The van der Waals surface area contributed by atoms with Crippen LogP contribution in [0.15, 0.2) is 18.2 Å². The van der Waals surface area contributed by atoms with Crippen molar-refractivity contribution in [3.63, 3.8) is 0 Å². The summed E-state index contributed by atoms with van der Waals surface area (Å²) in [5.41, 5.74) is 3.39. The molecule has 1 atom stereocenters. The van der Waals surface area contributed by atoms with Crippen molar-refractivity contribution in [2.45, 2.75) is 25.8 Å². The molecule has 0 fully saturated rings. The summed E-state index contributed by atoms with van der Waals surface area (Å²) < 4.78 is 0. The van der Waals surface area contributed by atoms with E-state index in [1.165, 1.54) is 11.1 Å². The highest BCUT2D eigenvalue weighted by atomic mass is 16.1. The molecule has 0 aromatic heterocycles. The van der Waals surface area contributed by atoms with Crippen LogP contribution < -0.4 is 5.32 Å². The van der Waals surface area contributed by atoms with E-state index in [0.717, 1.165) is 18.4 Å². The molecule has 2 rings (SSSR count). The molecule has 0 saturated carbocycles. The number of ketones is 1. The zero-order valence-corrected chi connectivity index (χ0v) is 8.63.